The quantitative estimate of drug-likeness (QED) is 0.786. The first-order valence-corrected chi connectivity index (χ1v) is 4.52. The number of carbonyl (C=O) groups is 1. The lowest BCUT2D eigenvalue weighted by molar-refractivity contribution is -0.885. The summed E-state index contributed by atoms with van der Waals surface area (Å²) >= 11 is 11.7. The molecule has 0 fully saturated rings. The number of hydrogen-bond acceptors (Lipinski definition) is 2. The van der Waals surface area contributed by atoms with Crippen LogP contribution in [0, 0.1) is 0 Å². The Labute approximate surface area is 91.3 Å². The van der Waals surface area contributed by atoms with Gasteiger partial charge in [-0.2, -0.15) is 0 Å². The van der Waals surface area contributed by atoms with Crippen LogP contribution in [-0.2, 0) is 4.79 Å². The van der Waals surface area contributed by atoms with Gasteiger partial charge in [-0.3, -0.25) is 9.63 Å². The minimum atomic E-state index is -0.232. The van der Waals surface area contributed by atoms with Crippen LogP contribution in [0.15, 0.2) is 12.4 Å². The van der Waals surface area contributed by atoms with Crippen molar-refractivity contribution in [2.75, 3.05) is 12.4 Å². The second kappa shape index (κ2) is 4.48. The second-order valence-corrected chi connectivity index (χ2v) is 3.37. The van der Waals surface area contributed by atoms with Crippen molar-refractivity contribution in [2.24, 2.45) is 0 Å². The van der Waals surface area contributed by atoms with Gasteiger partial charge >= 0.3 is 0 Å². The number of pyridine rings is 1. The smallest absolute Gasteiger partial charge is 0.243 e. The average Bonchev–Trinajstić information content (AvgIpc) is 2.10. The molecule has 0 aliphatic heterocycles. The van der Waals surface area contributed by atoms with Gasteiger partial charge in [0.25, 0.3) is 0 Å². The standard InChI is InChI=1S/C8H8Cl2N2O2/c1-5(13)11-8-6(9)3-12(14-2)4-7(8)10/h3-4H,1-2H3/p+1. The average molecular weight is 236 g/mol. The van der Waals surface area contributed by atoms with Crippen LogP contribution >= 0.6 is 23.2 Å². The van der Waals surface area contributed by atoms with Crippen LogP contribution < -0.4 is 14.9 Å². The van der Waals surface area contributed by atoms with Crippen LogP contribution in [0.4, 0.5) is 5.69 Å². The second-order valence-electron chi connectivity index (χ2n) is 2.55. The number of hydrogen-bond donors (Lipinski definition) is 1. The first-order valence-electron chi connectivity index (χ1n) is 3.77. The Morgan fingerprint density at radius 2 is 1.93 bits per heavy atom. The maximum absolute atomic E-state index is 10.8. The molecular weight excluding hydrogens is 227 g/mol. The zero-order valence-corrected chi connectivity index (χ0v) is 9.19. The topological polar surface area (TPSA) is 42.2 Å². The largest absolute Gasteiger partial charge is 0.323 e. The van der Waals surface area contributed by atoms with Gasteiger partial charge in [-0.25, -0.2) is 0 Å². The van der Waals surface area contributed by atoms with E-state index in [0.717, 1.165) is 0 Å². The fourth-order valence-corrected chi connectivity index (χ4v) is 1.44. The van der Waals surface area contributed by atoms with Gasteiger partial charge in [0.2, 0.25) is 18.3 Å². The van der Waals surface area contributed by atoms with Crippen molar-refractivity contribution in [1.29, 1.82) is 0 Å². The number of anilines is 1. The Kier molecular flexibility index (Phi) is 3.55. The predicted molar refractivity (Wildman–Crippen MR) is 53.5 cm³/mol. The molecule has 1 heterocycles. The molecule has 14 heavy (non-hydrogen) atoms. The molecule has 1 aromatic rings. The minimum Gasteiger partial charge on any atom is -0.323 e. The van der Waals surface area contributed by atoms with E-state index < -0.39 is 0 Å². The summed E-state index contributed by atoms with van der Waals surface area (Å²) in [6, 6.07) is 0. The number of nitrogens with zero attached hydrogens (tertiary/aromatic N) is 1. The fraction of sp³-hybridized carbons (Fsp3) is 0.250. The van der Waals surface area contributed by atoms with Crippen LogP contribution in [-0.4, -0.2) is 13.0 Å². The highest BCUT2D eigenvalue weighted by Gasteiger charge is 2.15. The highest BCUT2D eigenvalue weighted by molar-refractivity contribution is 6.39. The maximum atomic E-state index is 10.8. The molecule has 1 rings (SSSR count). The molecule has 0 saturated carbocycles. The van der Waals surface area contributed by atoms with E-state index in [1.807, 2.05) is 0 Å². The van der Waals surface area contributed by atoms with Gasteiger partial charge in [0.05, 0.1) is 5.69 Å². The summed E-state index contributed by atoms with van der Waals surface area (Å²) in [5.41, 5.74) is 0.383. The van der Waals surface area contributed by atoms with Crippen LogP contribution in [0.1, 0.15) is 6.92 Å². The molecule has 1 amide bonds. The zero-order chi connectivity index (χ0) is 10.7. The number of nitrogens with one attached hydrogen (secondary N) is 1. The third-order valence-corrected chi connectivity index (χ3v) is 2.04. The van der Waals surface area contributed by atoms with E-state index in [0.29, 0.717) is 15.7 Å². The van der Waals surface area contributed by atoms with Gasteiger partial charge in [0.1, 0.15) is 17.2 Å². The first-order chi connectivity index (χ1) is 6.54. The van der Waals surface area contributed by atoms with Gasteiger partial charge in [-0.1, -0.05) is 23.2 Å². The van der Waals surface area contributed by atoms with Crippen LogP contribution in [0.5, 0.6) is 0 Å². The van der Waals surface area contributed by atoms with Crippen molar-refractivity contribution in [3.63, 3.8) is 0 Å². The predicted octanol–water partition coefficient (Wildman–Crippen LogP) is 1.30. The van der Waals surface area contributed by atoms with E-state index in [2.05, 4.69) is 5.32 Å². The molecule has 0 aromatic carbocycles. The lowest BCUT2D eigenvalue weighted by Gasteiger charge is -2.04. The molecule has 0 aliphatic rings. The van der Waals surface area contributed by atoms with E-state index in [9.17, 15) is 4.79 Å². The highest BCUT2D eigenvalue weighted by Crippen LogP contribution is 2.27. The number of halogens is 2. The zero-order valence-electron chi connectivity index (χ0n) is 7.67. The third kappa shape index (κ3) is 2.49. The minimum absolute atomic E-state index is 0.232. The summed E-state index contributed by atoms with van der Waals surface area (Å²) in [5, 5.41) is 3.15. The molecule has 1 N–H and O–H groups in total. The van der Waals surface area contributed by atoms with Crippen LogP contribution in [0.25, 0.3) is 0 Å². The number of aromatic nitrogens is 1. The lowest BCUT2D eigenvalue weighted by Crippen LogP contribution is -2.40. The molecular formula is C8H9Cl2N2O2+. The molecule has 1 aromatic heterocycles. The molecule has 6 heteroatoms. The molecule has 0 saturated heterocycles. The van der Waals surface area contributed by atoms with Crippen LogP contribution in [0.3, 0.4) is 0 Å². The maximum Gasteiger partial charge on any atom is 0.243 e. The van der Waals surface area contributed by atoms with E-state index in [-0.39, 0.29) is 5.91 Å². The van der Waals surface area contributed by atoms with Crippen molar-refractivity contribution >= 4 is 34.8 Å². The highest BCUT2D eigenvalue weighted by atomic mass is 35.5. The summed E-state index contributed by atoms with van der Waals surface area (Å²) in [6.45, 7) is 1.38. The van der Waals surface area contributed by atoms with Crippen molar-refractivity contribution in [3.8, 4) is 0 Å². The molecule has 0 aliphatic carbocycles. The normalized spacial score (nSPS) is 9.71. The van der Waals surface area contributed by atoms with E-state index in [1.165, 1.54) is 31.2 Å². The first kappa shape index (κ1) is 11.1. The molecule has 76 valence electrons. The Bertz CT molecular complexity index is 345. The van der Waals surface area contributed by atoms with Gasteiger partial charge in [-0.05, 0) is 0 Å². The number of rotatable bonds is 2. The summed E-state index contributed by atoms with van der Waals surface area (Å²) in [4.78, 5) is 15.7. The lowest BCUT2D eigenvalue weighted by atomic mass is 10.4. The summed E-state index contributed by atoms with van der Waals surface area (Å²) < 4.78 is 1.34. The molecule has 0 atom stereocenters. The summed E-state index contributed by atoms with van der Waals surface area (Å²) in [7, 11) is 1.48. The Hall–Kier alpha value is -1.00. The molecule has 0 bridgehead atoms. The summed E-state index contributed by atoms with van der Waals surface area (Å²) in [5.74, 6) is -0.232. The van der Waals surface area contributed by atoms with Crippen molar-refractivity contribution < 1.29 is 14.4 Å². The van der Waals surface area contributed by atoms with Crippen molar-refractivity contribution in [2.45, 2.75) is 6.92 Å². The van der Waals surface area contributed by atoms with Crippen molar-refractivity contribution in [1.82, 2.24) is 0 Å². The molecule has 0 spiro atoms. The fourth-order valence-electron chi connectivity index (χ4n) is 0.905. The van der Waals surface area contributed by atoms with E-state index in [1.54, 1.807) is 0 Å². The number of carbonyl (C=O) groups excluding carboxylic acids is 1. The van der Waals surface area contributed by atoms with Crippen LogP contribution in [0.2, 0.25) is 10.0 Å². The molecule has 0 unspecified atom stereocenters. The van der Waals surface area contributed by atoms with E-state index >= 15 is 0 Å². The Morgan fingerprint density at radius 3 is 2.29 bits per heavy atom. The van der Waals surface area contributed by atoms with Gasteiger partial charge in [0, 0.05) is 11.7 Å². The monoisotopic (exact) mass is 235 g/mol. The third-order valence-electron chi connectivity index (χ3n) is 1.47. The Morgan fingerprint density at radius 1 is 1.43 bits per heavy atom. The molecule has 0 radical (unpaired) electrons. The van der Waals surface area contributed by atoms with Gasteiger partial charge < -0.3 is 5.32 Å². The molecule has 4 nitrogen and oxygen atoms in total. The Balaban J connectivity index is 3.11. The summed E-state index contributed by atoms with van der Waals surface area (Å²) in [6.07, 6.45) is 3.00. The SMILES string of the molecule is CO[n+]1cc(Cl)c(NC(C)=O)c(Cl)c1. The van der Waals surface area contributed by atoms with E-state index in [4.69, 9.17) is 28.0 Å². The van der Waals surface area contributed by atoms with Gasteiger partial charge in [0.15, 0.2) is 0 Å². The van der Waals surface area contributed by atoms with Crippen molar-refractivity contribution in [3.05, 3.63) is 22.4 Å². The van der Waals surface area contributed by atoms with Gasteiger partial charge in [-0.15, -0.1) is 0 Å². The number of amides is 1.